The molecule has 7 nitrogen and oxygen atoms in total. The molecule has 2 rings (SSSR count). The van der Waals surface area contributed by atoms with Crippen molar-refractivity contribution in [2.45, 2.75) is 25.8 Å². The summed E-state index contributed by atoms with van der Waals surface area (Å²) in [6.07, 6.45) is 2.03. The summed E-state index contributed by atoms with van der Waals surface area (Å²) in [5.74, 6) is -1.86. The molecule has 19 heavy (non-hydrogen) atoms. The number of carboxylic acids is 1. The molecule has 1 atom stereocenters. The third-order valence-corrected chi connectivity index (χ3v) is 5.25. The second-order valence-corrected chi connectivity index (χ2v) is 6.78. The Morgan fingerprint density at radius 2 is 2.26 bits per heavy atom. The number of nitrogens with zero attached hydrogens (tertiary/aromatic N) is 3. The zero-order valence-corrected chi connectivity index (χ0v) is 11.7. The molecule has 1 unspecified atom stereocenters. The number of hydrogen-bond acceptors (Lipinski definition) is 4. The van der Waals surface area contributed by atoms with E-state index in [0.29, 0.717) is 17.8 Å². The van der Waals surface area contributed by atoms with Crippen LogP contribution in [0.15, 0.2) is 6.33 Å². The molecule has 0 amide bonds. The molecule has 1 aromatic heterocycles. The lowest BCUT2D eigenvalue weighted by Gasteiger charge is -2.30. The highest BCUT2D eigenvalue weighted by atomic mass is 32.2. The van der Waals surface area contributed by atoms with E-state index in [9.17, 15) is 18.3 Å². The number of carbonyl (C=O) groups is 1. The van der Waals surface area contributed by atoms with E-state index in [4.69, 9.17) is 0 Å². The van der Waals surface area contributed by atoms with Gasteiger partial charge in [0.05, 0.1) is 30.0 Å². The summed E-state index contributed by atoms with van der Waals surface area (Å²) >= 11 is 0. The maximum atomic E-state index is 12.1. The molecule has 2 heterocycles. The summed E-state index contributed by atoms with van der Waals surface area (Å²) in [6, 6.07) is 0. The van der Waals surface area contributed by atoms with Crippen LogP contribution in [0.2, 0.25) is 0 Å². The first-order valence-corrected chi connectivity index (χ1v) is 7.68. The van der Waals surface area contributed by atoms with Crippen LogP contribution in [-0.4, -0.2) is 45.6 Å². The predicted molar refractivity (Wildman–Crippen MR) is 68.1 cm³/mol. The van der Waals surface area contributed by atoms with Gasteiger partial charge in [0.25, 0.3) is 0 Å². The molecule has 0 radical (unpaired) electrons. The van der Waals surface area contributed by atoms with Crippen molar-refractivity contribution in [1.82, 2.24) is 13.9 Å². The fourth-order valence-corrected chi connectivity index (χ4v) is 3.84. The zero-order chi connectivity index (χ0) is 14.2. The van der Waals surface area contributed by atoms with Crippen molar-refractivity contribution in [2.75, 3.05) is 12.3 Å². The van der Waals surface area contributed by atoms with Gasteiger partial charge in [-0.2, -0.15) is 4.31 Å². The number of hydrogen-bond donors (Lipinski definition) is 1. The number of carboxylic acid groups (broad SMARTS) is 1. The van der Waals surface area contributed by atoms with E-state index >= 15 is 0 Å². The highest BCUT2D eigenvalue weighted by molar-refractivity contribution is 7.89. The molecule has 0 saturated heterocycles. The second-order valence-electron chi connectivity index (χ2n) is 4.69. The fraction of sp³-hybridized carbons (Fsp3) is 0.636. The Bertz CT molecular complexity index is 593. The van der Waals surface area contributed by atoms with Crippen molar-refractivity contribution in [3.63, 3.8) is 0 Å². The number of rotatable bonds is 4. The average Bonchev–Trinajstić information content (AvgIpc) is 2.70. The van der Waals surface area contributed by atoms with Crippen LogP contribution in [0.4, 0.5) is 0 Å². The van der Waals surface area contributed by atoms with E-state index in [1.807, 2.05) is 0 Å². The van der Waals surface area contributed by atoms with Crippen LogP contribution < -0.4 is 0 Å². The fourth-order valence-electron chi connectivity index (χ4n) is 2.37. The highest BCUT2D eigenvalue weighted by Crippen LogP contribution is 2.29. The second kappa shape index (κ2) is 4.93. The Hall–Kier alpha value is -1.41. The Morgan fingerprint density at radius 1 is 1.58 bits per heavy atom. The summed E-state index contributed by atoms with van der Waals surface area (Å²) < 4.78 is 27.0. The molecule has 1 N–H and O–H groups in total. The number of fused-ring (bicyclic) bond motifs is 1. The smallest absolute Gasteiger partial charge is 0.313 e. The van der Waals surface area contributed by atoms with Crippen LogP contribution in [0.1, 0.15) is 30.7 Å². The molecule has 0 saturated carbocycles. The minimum atomic E-state index is -3.41. The minimum Gasteiger partial charge on any atom is -0.481 e. The van der Waals surface area contributed by atoms with Gasteiger partial charge in [0.15, 0.2) is 0 Å². The third kappa shape index (κ3) is 2.50. The lowest BCUT2D eigenvalue weighted by atomic mass is 10.0. The van der Waals surface area contributed by atoms with Crippen LogP contribution in [0.25, 0.3) is 0 Å². The standard InChI is InChI=1S/C11H17N3O4S/c1-3-4-19(17,18)14-5-8(11(15)16)10-9(6-14)12-7-13(10)2/h7-8H,3-6H2,1-2H3,(H,15,16). The highest BCUT2D eigenvalue weighted by Gasteiger charge is 2.37. The van der Waals surface area contributed by atoms with Gasteiger partial charge in [-0.15, -0.1) is 0 Å². The van der Waals surface area contributed by atoms with Gasteiger partial charge in [-0.05, 0) is 6.42 Å². The molecule has 8 heteroatoms. The van der Waals surface area contributed by atoms with Crippen LogP contribution >= 0.6 is 0 Å². The maximum Gasteiger partial charge on any atom is 0.313 e. The first kappa shape index (κ1) is 14.0. The van der Waals surface area contributed by atoms with Gasteiger partial charge in [0.2, 0.25) is 10.0 Å². The largest absolute Gasteiger partial charge is 0.481 e. The topological polar surface area (TPSA) is 92.5 Å². The third-order valence-electron chi connectivity index (χ3n) is 3.26. The van der Waals surface area contributed by atoms with Crippen molar-refractivity contribution in [1.29, 1.82) is 0 Å². The van der Waals surface area contributed by atoms with E-state index in [0.717, 1.165) is 0 Å². The first-order valence-electron chi connectivity index (χ1n) is 6.07. The quantitative estimate of drug-likeness (QED) is 0.850. The summed E-state index contributed by atoms with van der Waals surface area (Å²) in [5.41, 5.74) is 1.12. The average molecular weight is 287 g/mol. The van der Waals surface area contributed by atoms with Crippen LogP contribution in [0, 0.1) is 0 Å². The van der Waals surface area contributed by atoms with Crippen molar-refractivity contribution in [2.24, 2.45) is 7.05 Å². The monoisotopic (exact) mass is 287 g/mol. The van der Waals surface area contributed by atoms with Gasteiger partial charge in [0.1, 0.15) is 5.92 Å². The zero-order valence-electron chi connectivity index (χ0n) is 10.9. The van der Waals surface area contributed by atoms with Gasteiger partial charge >= 0.3 is 5.97 Å². The molecule has 0 aromatic carbocycles. The lowest BCUT2D eigenvalue weighted by molar-refractivity contribution is -0.139. The van der Waals surface area contributed by atoms with Crippen molar-refractivity contribution < 1.29 is 18.3 Å². The normalized spacial score (nSPS) is 20.2. The lowest BCUT2D eigenvalue weighted by Crippen LogP contribution is -2.42. The van der Waals surface area contributed by atoms with Gasteiger partial charge in [-0.1, -0.05) is 6.92 Å². The molecule has 1 aliphatic rings. The Morgan fingerprint density at radius 3 is 2.84 bits per heavy atom. The Labute approximate surface area is 111 Å². The Balaban J connectivity index is 2.39. The van der Waals surface area contributed by atoms with E-state index < -0.39 is 21.9 Å². The molecule has 1 aromatic rings. The Kier molecular flexibility index (Phi) is 3.64. The van der Waals surface area contributed by atoms with Crippen molar-refractivity contribution >= 4 is 16.0 Å². The number of aromatic nitrogens is 2. The molecule has 0 spiro atoms. The number of sulfonamides is 1. The number of aryl methyl sites for hydroxylation is 1. The molecule has 1 aliphatic heterocycles. The van der Waals surface area contributed by atoms with Crippen LogP contribution in [0.3, 0.4) is 0 Å². The van der Waals surface area contributed by atoms with E-state index in [1.165, 1.54) is 10.6 Å². The molecule has 0 bridgehead atoms. The van der Waals surface area contributed by atoms with Crippen molar-refractivity contribution in [3.05, 3.63) is 17.7 Å². The molecular weight excluding hydrogens is 270 g/mol. The number of imidazole rings is 1. The SMILES string of the molecule is CCCS(=O)(=O)N1Cc2ncn(C)c2C(C(=O)O)C1. The van der Waals surface area contributed by atoms with Gasteiger partial charge in [0, 0.05) is 13.6 Å². The first-order chi connectivity index (χ1) is 8.86. The molecular formula is C11H17N3O4S. The minimum absolute atomic E-state index is 0.0236. The summed E-state index contributed by atoms with van der Waals surface area (Å²) in [4.78, 5) is 15.4. The van der Waals surface area contributed by atoms with E-state index in [1.54, 1.807) is 18.5 Å². The van der Waals surface area contributed by atoms with Crippen molar-refractivity contribution in [3.8, 4) is 0 Å². The van der Waals surface area contributed by atoms with Gasteiger partial charge in [-0.3, -0.25) is 4.79 Å². The molecule has 0 fully saturated rings. The molecule has 0 aliphatic carbocycles. The summed E-state index contributed by atoms with van der Waals surface area (Å²) in [7, 11) is -1.69. The van der Waals surface area contributed by atoms with Gasteiger partial charge < -0.3 is 9.67 Å². The van der Waals surface area contributed by atoms with E-state index in [-0.39, 0.29) is 18.8 Å². The van der Waals surface area contributed by atoms with Crippen LogP contribution in [0.5, 0.6) is 0 Å². The summed E-state index contributed by atoms with van der Waals surface area (Å²) in [5, 5.41) is 9.28. The predicted octanol–water partition coefficient (Wildman–Crippen LogP) is 0.144. The molecule has 106 valence electrons. The maximum absolute atomic E-state index is 12.1. The van der Waals surface area contributed by atoms with Crippen LogP contribution in [-0.2, 0) is 28.4 Å². The van der Waals surface area contributed by atoms with Gasteiger partial charge in [-0.25, -0.2) is 13.4 Å². The number of aliphatic carboxylic acids is 1. The van der Waals surface area contributed by atoms with E-state index in [2.05, 4.69) is 4.98 Å². The summed E-state index contributed by atoms with van der Waals surface area (Å²) in [6.45, 7) is 1.91.